The van der Waals surface area contributed by atoms with Crippen LogP contribution in [0.4, 0.5) is 0 Å². The highest BCUT2D eigenvalue weighted by atomic mass is 16.5. The van der Waals surface area contributed by atoms with Crippen LogP contribution in [-0.4, -0.2) is 27.7 Å². The van der Waals surface area contributed by atoms with Crippen molar-refractivity contribution in [2.75, 3.05) is 6.54 Å². The molecule has 2 heterocycles. The molecule has 6 heteroatoms. The fourth-order valence-electron chi connectivity index (χ4n) is 2.27. The Morgan fingerprint density at radius 3 is 2.75 bits per heavy atom. The zero-order valence-corrected chi connectivity index (χ0v) is 13.1. The lowest BCUT2D eigenvalue weighted by Gasteiger charge is -2.23. The minimum Gasteiger partial charge on any atom is -0.384 e. The van der Waals surface area contributed by atoms with Crippen LogP contribution < -0.4 is 5.32 Å². The number of benzene rings is 1. The predicted octanol–water partition coefficient (Wildman–Crippen LogP) is 2.37. The fraction of sp³-hybridized carbons (Fsp3) is 0.167. The number of amides is 1. The molecule has 0 aliphatic carbocycles. The van der Waals surface area contributed by atoms with E-state index in [1.807, 2.05) is 36.4 Å². The molecule has 1 amide bonds. The lowest BCUT2D eigenvalue weighted by atomic mass is 9.96. The van der Waals surface area contributed by atoms with Crippen LogP contribution in [0.5, 0.6) is 0 Å². The third-order valence-electron chi connectivity index (χ3n) is 3.68. The quantitative estimate of drug-likeness (QED) is 0.752. The van der Waals surface area contributed by atoms with E-state index in [0.29, 0.717) is 5.76 Å². The maximum Gasteiger partial charge on any atom is 0.273 e. The average Bonchev–Trinajstić information content (AvgIpc) is 3.11. The molecule has 0 saturated heterocycles. The molecule has 0 aliphatic heterocycles. The largest absolute Gasteiger partial charge is 0.384 e. The molecule has 0 bridgehead atoms. The summed E-state index contributed by atoms with van der Waals surface area (Å²) in [4.78, 5) is 16.2. The van der Waals surface area contributed by atoms with Gasteiger partial charge in [-0.1, -0.05) is 35.5 Å². The first-order chi connectivity index (χ1) is 11.6. The number of aliphatic hydroxyl groups is 1. The minimum atomic E-state index is -1.17. The molecule has 3 aromatic rings. The van der Waals surface area contributed by atoms with E-state index in [9.17, 15) is 9.90 Å². The first-order valence-corrected chi connectivity index (χ1v) is 7.49. The van der Waals surface area contributed by atoms with Crippen LogP contribution >= 0.6 is 0 Å². The van der Waals surface area contributed by atoms with E-state index in [2.05, 4.69) is 15.5 Å². The number of hydrogen-bond donors (Lipinski definition) is 2. The molecule has 1 atom stereocenters. The number of pyridine rings is 1. The van der Waals surface area contributed by atoms with Crippen LogP contribution in [0.2, 0.25) is 0 Å². The van der Waals surface area contributed by atoms with Crippen LogP contribution in [-0.2, 0) is 5.60 Å². The van der Waals surface area contributed by atoms with Gasteiger partial charge in [-0.25, -0.2) is 0 Å². The maximum atomic E-state index is 12.2. The topological polar surface area (TPSA) is 88.2 Å². The van der Waals surface area contributed by atoms with Gasteiger partial charge in [0.25, 0.3) is 5.91 Å². The molecule has 122 valence electrons. The van der Waals surface area contributed by atoms with Crippen molar-refractivity contribution in [3.63, 3.8) is 0 Å². The van der Waals surface area contributed by atoms with Gasteiger partial charge >= 0.3 is 0 Å². The van der Waals surface area contributed by atoms with E-state index in [4.69, 9.17) is 4.52 Å². The molecule has 0 spiro atoms. The molecule has 0 aliphatic rings. The SMILES string of the molecule is CC(O)(CNC(=O)c1cc(-c2cccnc2)on1)c1ccccc1. The standard InChI is InChI=1S/C18H17N3O3/c1-18(23,14-7-3-2-4-8-14)12-20-17(22)15-10-16(24-21-15)13-6-5-9-19-11-13/h2-11,23H,12H2,1H3,(H,20,22). The van der Waals surface area contributed by atoms with E-state index in [0.717, 1.165) is 11.1 Å². The van der Waals surface area contributed by atoms with Crippen molar-refractivity contribution in [3.05, 3.63) is 72.2 Å². The number of nitrogens with one attached hydrogen (secondary N) is 1. The Hall–Kier alpha value is -2.99. The van der Waals surface area contributed by atoms with Gasteiger partial charge in [-0.3, -0.25) is 9.78 Å². The highest BCUT2D eigenvalue weighted by molar-refractivity contribution is 5.93. The molecule has 3 rings (SSSR count). The molecule has 1 unspecified atom stereocenters. The molecule has 0 saturated carbocycles. The van der Waals surface area contributed by atoms with Crippen molar-refractivity contribution in [2.24, 2.45) is 0 Å². The van der Waals surface area contributed by atoms with Gasteiger partial charge < -0.3 is 14.9 Å². The summed E-state index contributed by atoms with van der Waals surface area (Å²) in [6.45, 7) is 1.71. The van der Waals surface area contributed by atoms with Crippen molar-refractivity contribution >= 4 is 5.91 Å². The molecule has 6 nitrogen and oxygen atoms in total. The second-order valence-electron chi connectivity index (χ2n) is 5.64. The summed E-state index contributed by atoms with van der Waals surface area (Å²) in [7, 11) is 0. The second-order valence-corrected chi connectivity index (χ2v) is 5.64. The Bertz CT molecular complexity index is 814. The Balaban J connectivity index is 1.67. The summed E-state index contributed by atoms with van der Waals surface area (Å²) in [5, 5.41) is 16.9. The van der Waals surface area contributed by atoms with E-state index < -0.39 is 11.5 Å². The Labute approximate surface area is 139 Å². The zero-order valence-electron chi connectivity index (χ0n) is 13.1. The van der Waals surface area contributed by atoms with E-state index in [1.54, 1.807) is 31.5 Å². The fourth-order valence-corrected chi connectivity index (χ4v) is 2.27. The summed E-state index contributed by atoms with van der Waals surface area (Å²) in [5.74, 6) is 0.0492. The number of carbonyl (C=O) groups excluding carboxylic acids is 1. The normalized spacial score (nSPS) is 13.2. The van der Waals surface area contributed by atoms with Crippen molar-refractivity contribution in [2.45, 2.75) is 12.5 Å². The summed E-state index contributed by atoms with van der Waals surface area (Å²) >= 11 is 0. The van der Waals surface area contributed by atoms with Crippen LogP contribution in [0.1, 0.15) is 23.0 Å². The van der Waals surface area contributed by atoms with Crippen LogP contribution in [0.25, 0.3) is 11.3 Å². The lowest BCUT2D eigenvalue weighted by molar-refractivity contribution is 0.0524. The van der Waals surface area contributed by atoms with E-state index in [-0.39, 0.29) is 12.2 Å². The van der Waals surface area contributed by atoms with Gasteiger partial charge in [-0.15, -0.1) is 0 Å². The maximum absolute atomic E-state index is 12.2. The number of rotatable bonds is 5. The molecule has 2 aromatic heterocycles. The van der Waals surface area contributed by atoms with Gasteiger partial charge in [-0.2, -0.15) is 0 Å². The van der Waals surface area contributed by atoms with Gasteiger partial charge in [0.15, 0.2) is 11.5 Å². The summed E-state index contributed by atoms with van der Waals surface area (Å²) in [5.41, 5.74) is 0.437. The van der Waals surface area contributed by atoms with Gasteiger partial charge in [0.2, 0.25) is 0 Å². The smallest absolute Gasteiger partial charge is 0.273 e. The summed E-state index contributed by atoms with van der Waals surface area (Å²) in [6.07, 6.45) is 3.28. The van der Waals surface area contributed by atoms with Gasteiger partial charge in [0, 0.05) is 24.0 Å². The highest BCUT2D eigenvalue weighted by Gasteiger charge is 2.24. The number of nitrogens with zero attached hydrogens (tertiary/aromatic N) is 2. The van der Waals surface area contributed by atoms with Crippen molar-refractivity contribution < 1.29 is 14.4 Å². The zero-order chi connectivity index (χ0) is 17.0. The number of aromatic nitrogens is 2. The Morgan fingerprint density at radius 1 is 1.25 bits per heavy atom. The van der Waals surface area contributed by atoms with Gasteiger partial charge in [-0.05, 0) is 24.6 Å². The summed E-state index contributed by atoms with van der Waals surface area (Å²) in [6, 6.07) is 14.3. The molecule has 24 heavy (non-hydrogen) atoms. The molecular weight excluding hydrogens is 306 g/mol. The van der Waals surface area contributed by atoms with Gasteiger partial charge in [0.05, 0.1) is 6.54 Å². The highest BCUT2D eigenvalue weighted by Crippen LogP contribution is 2.20. The number of hydrogen-bond acceptors (Lipinski definition) is 5. The summed E-state index contributed by atoms with van der Waals surface area (Å²) < 4.78 is 5.18. The predicted molar refractivity (Wildman–Crippen MR) is 88.1 cm³/mol. The van der Waals surface area contributed by atoms with Crippen molar-refractivity contribution in [1.82, 2.24) is 15.5 Å². The van der Waals surface area contributed by atoms with Crippen molar-refractivity contribution in [1.29, 1.82) is 0 Å². The molecule has 2 N–H and O–H groups in total. The molecule has 0 fully saturated rings. The minimum absolute atomic E-state index is 0.0604. The monoisotopic (exact) mass is 323 g/mol. The Morgan fingerprint density at radius 2 is 2.04 bits per heavy atom. The van der Waals surface area contributed by atoms with E-state index >= 15 is 0 Å². The third kappa shape index (κ3) is 3.49. The third-order valence-corrected chi connectivity index (χ3v) is 3.68. The average molecular weight is 323 g/mol. The van der Waals surface area contributed by atoms with Crippen LogP contribution in [0.3, 0.4) is 0 Å². The second kappa shape index (κ2) is 6.64. The van der Waals surface area contributed by atoms with Crippen LogP contribution in [0, 0.1) is 0 Å². The number of carbonyl (C=O) groups is 1. The molecule has 1 aromatic carbocycles. The first-order valence-electron chi connectivity index (χ1n) is 7.49. The molecule has 0 radical (unpaired) electrons. The van der Waals surface area contributed by atoms with Crippen molar-refractivity contribution in [3.8, 4) is 11.3 Å². The van der Waals surface area contributed by atoms with Crippen LogP contribution in [0.15, 0.2) is 65.4 Å². The van der Waals surface area contributed by atoms with E-state index in [1.165, 1.54) is 0 Å². The van der Waals surface area contributed by atoms with Gasteiger partial charge in [0.1, 0.15) is 5.60 Å². The lowest BCUT2D eigenvalue weighted by Crippen LogP contribution is -2.38. The first kappa shape index (κ1) is 15.9. The molecular formula is C18H17N3O3. The Kier molecular flexibility index (Phi) is 4.39.